The van der Waals surface area contributed by atoms with Crippen molar-refractivity contribution in [1.82, 2.24) is 0 Å². The van der Waals surface area contributed by atoms with Crippen molar-refractivity contribution in [2.75, 3.05) is 31.4 Å². The first-order valence-electron chi connectivity index (χ1n) is 6.23. The van der Waals surface area contributed by atoms with E-state index in [2.05, 4.69) is 10.1 Å². The van der Waals surface area contributed by atoms with Gasteiger partial charge in [0.2, 0.25) is 0 Å². The molecule has 0 saturated carbocycles. The number of carbonyl (C=O) groups is 2. The van der Waals surface area contributed by atoms with Gasteiger partial charge >= 0.3 is 12.1 Å². The number of halogens is 1. The van der Waals surface area contributed by atoms with Crippen LogP contribution in [0.15, 0.2) is 6.07 Å². The fraction of sp³-hybridized carbons (Fsp3) is 0.385. The lowest BCUT2D eigenvalue weighted by Gasteiger charge is -2.17. The maximum absolute atomic E-state index is 11.7. The van der Waals surface area contributed by atoms with Gasteiger partial charge in [-0.1, -0.05) is 11.6 Å². The molecule has 0 aromatic heterocycles. The molecule has 0 fully saturated rings. The molecule has 116 valence electrons. The van der Waals surface area contributed by atoms with Crippen LogP contribution in [0.5, 0.6) is 5.75 Å². The first-order chi connectivity index (χ1) is 9.96. The smallest absolute Gasteiger partial charge is 0.411 e. The van der Waals surface area contributed by atoms with Crippen molar-refractivity contribution in [3.05, 3.63) is 16.7 Å². The van der Waals surface area contributed by atoms with Crippen LogP contribution in [-0.2, 0) is 9.47 Å². The van der Waals surface area contributed by atoms with Crippen molar-refractivity contribution < 1.29 is 23.8 Å². The summed E-state index contributed by atoms with van der Waals surface area (Å²) >= 11 is 6.04. The zero-order valence-corrected chi connectivity index (χ0v) is 12.7. The molecule has 0 aliphatic carbocycles. The summed E-state index contributed by atoms with van der Waals surface area (Å²) in [5.74, 6) is -0.546. The van der Waals surface area contributed by atoms with E-state index in [1.54, 1.807) is 13.8 Å². The molecule has 0 unspecified atom stereocenters. The molecule has 0 saturated heterocycles. The molecule has 0 aliphatic rings. The van der Waals surface area contributed by atoms with Gasteiger partial charge in [-0.2, -0.15) is 0 Å². The van der Waals surface area contributed by atoms with Gasteiger partial charge in [0.1, 0.15) is 11.3 Å². The molecule has 7 nitrogen and oxygen atoms in total. The molecule has 0 heterocycles. The van der Waals surface area contributed by atoms with Crippen molar-refractivity contribution in [2.45, 2.75) is 13.8 Å². The molecule has 21 heavy (non-hydrogen) atoms. The molecule has 1 aromatic rings. The van der Waals surface area contributed by atoms with Crippen LogP contribution in [0.2, 0.25) is 5.02 Å². The summed E-state index contributed by atoms with van der Waals surface area (Å²) in [6, 6.07) is 1.32. The molecule has 1 amide bonds. The number of rotatable bonds is 5. The number of carbonyl (C=O) groups excluding carboxylic acids is 2. The Bertz CT molecular complexity index is 548. The number of benzene rings is 1. The molecular formula is C13H17ClN2O5. The molecule has 0 atom stereocenters. The van der Waals surface area contributed by atoms with Crippen LogP contribution in [-0.4, -0.2) is 32.4 Å². The summed E-state index contributed by atoms with van der Waals surface area (Å²) in [6.45, 7) is 3.86. The second-order valence-corrected chi connectivity index (χ2v) is 4.20. The lowest BCUT2D eigenvalue weighted by atomic mass is 10.1. The van der Waals surface area contributed by atoms with Crippen LogP contribution in [0.3, 0.4) is 0 Å². The number of methoxy groups -OCH3 is 1. The minimum absolute atomic E-state index is 0.0257. The van der Waals surface area contributed by atoms with Gasteiger partial charge in [0.15, 0.2) is 5.75 Å². The van der Waals surface area contributed by atoms with Crippen LogP contribution in [0, 0.1) is 0 Å². The second-order valence-electron chi connectivity index (χ2n) is 3.79. The van der Waals surface area contributed by atoms with Crippen molar-refractivity contribution in [3.63, 3.8) is 0 Å². The lowest BCUT2D eigenvalue weighted by Crippen LogP contribution is -2.16. The summed E-state index contributed by atoms with van der Waals surface area (Å²) in [5, 5.41) is 2.49. The molecule has 0 aliphatic heterocycles. The standard InChI is InChI=1S/C13H17ClN2O5/c1-4-20-11-7(12(17)19-3)6-8(14)10(9(11)15)16-13(18)21-5-2/h6H,4-5,15H2,1-3H3,(H,16,18). The van der Waals surface area contributed by atoms with E-state index in [1.165, 1.54) is 13.2 Å². The summed E-state index contributed by atoms with van der Waals surface area (Å²) in [6.07, 6.45) is -0.709. The van der Waals surface area contributed by atoms with E-state index in [0.717, 1.165) is 0 Å². The van der Waals surface area contributed by atoms with E-state index in [0.29, 0.717) is 0 Å². The third-order valence-electron chi connectivity index (χ3n) is 2.46. The first kappa shape index (κ1) is 16.9. The minimum Gasteiger partial charge on any atom is -0.491 e. The Morgan fingerprint density at radius 2 is 2.00 bits per heavy atom. The quantitative estimate of drug-likeness (QED) is 0.640. The fourth-order valence-electron chi connectivity index (χ4n) is 1.61. The second kappa shape index (κ2) is 7.58. The van der Waals surface area contributed by atoms with E-state index in [1.807, 2.05) is 0 Å². The van der Waals surface area contributed by atoms with E-state index in [9.17, 15) is 9.59 Å². The van der Waals surface area contributed by atoms with Crippen LogP contribution < -0.4 is 15.8 Å². The highest BCUT2D eigenvalue weighted by Crippen LogP contribution is 2.39. The summed E-state index contributed by atoms with van der Waals surface area (Å²) in [7, 11) is 1.23. The Kier molecular flexibility index (Phi) is 6.10. The number of anilines is 2. The fourth-order valence-corrected chi connectivity index (χ4v) is 1.87. The normalized spacial score (nSPS) is 9.90. The predicted molar refractivity (Wildman–Crippen MR) is 79.0 cm³/mol. The van der Waals surface area contributed by atoms with Gasteiger partial charge in [-0.05, 0) is 19.9 Å². The van der Waals surface area contributed by atoms with E-state index < -0.39 is 12.1 Å². The molecule has 8 heteroatoms. The highest BCUT2D eigenvalue weighted by Gasteiger charge is 2.22. The van der Waals surface area contributed by atoms with Crippen molar-refractivity contribution in [1.29, 1.82) is 0 Å². The van der Waals surface area contributed by atoms with Crippen LogP contribution >= 0.6 is 11.6 Å². The molecule has 1 rings (SSSR count). The highest BCUT2D eigenvalue weighted by atomic mass is 35.5. The van der Waals surface area contributed by atoms with Gasteiger partial charge in [-0.15, -0.1) is 0 Å². The van der Waals surface area contributed by atoms with Gasteiger partial charge in [0.25, 0.3) is 0 Å². The van der Waals surface area contributed by atoms with Crippen molar-refractivity contribution in [2.24, 2.45) is 0 Å². The molecule has 0 bridgehead atoms. The number of nitrogens with one attached hydrogen (secondary N) is 1. The largest absolute Gasteiger partial charge is 0.491 e. The number of nitrogens with two attached hydrogens (primary N) is 1. The summed E-state index contributed by atoms with van der Waals surface area (Å²) < 4.78 is 14.8. The van der Waals surface area contributed by atoms with Crippen molar-refractivity contribution >= 4 is 35.0 Å². The first-order valence-corrected chi connectivity index (χ1v) is 6.60. The Morgan fingerprint density at radius 1 is 1.33 bits per heavy atom. The Labute approximate surface area is 127 Å². The van der Waals surface area contributed by atoms with Gasteiger partial charge in [-0.25, -0.2) is 9.59 Å². The zero-order chi connectivity index (χ0) is 16.0. The topological polar surface area (TPSA) is 99.9 Å². The monoisotopic (exact) mass is 316 g/mol. The SMILES string of the molecule is CCOC(=O)Nc1c(Cl)cc(C(=O)OC)c(OCC)c1N. The van der Waals surface area contributed by atoms with E-state index in [-0.39, 0.29) is 40.9 Å². The average Bonchev–Trinajstić information content (AvgIpc) is 2.45. The number of amides is 1. The average molecular weight is 317 g/mol. The van der Waals surface area contributed by atoms with E-state index in [4.69, 9.17) is 26.8 Å². The molecule has 0 radical (unpaired) electrons. The number of ether oxygens (including phenoxy) is 3. The zero-order valence-electron chi connectivity index (χ0n) is 12.0. The maximum atomic E-state index is 11.7. The van der Waals surface area contributed by atoms with Crippen LogP contribution in [0.25, 0.3) is 0 Å². The van der Waals surface area contributed by atoms with Crippen molar-refractivity contribution in [3.8, 4) is 5.75 Å². The Balaban J connectivity index is 3.31. The lowest BCUT2D eigenvalue weighted by molar-refractivity contribution is 0.0596. The summed E-state index contributed by atoms with van der Waals surface area (Å²) in [5.41, 5.74) is 6.14. The predicted octanol–water partition coefficient (Wildman–Crippen LogP) is 2.68. The Morgan fingerprint density at radius 3 is 2.52 bits per heavy atom. The number of nitrogen functional groups attached to an aromatic ring is 1. The van der Waals surface area contributed by atoms with Crippen LogP contribution in [0.4, 0.5) is 16.2 Å². The minimum atomic E-state index is -0.709. The Hall–Kier alpha value is -2.15. The summed E-state index contributed by atoms with van der Waals surface area (Å²) in [4.78, 5) is 23.2. The third-order valence-corrected chi connectivity index (χ3v) is 2.76. The number of esters is 1. The molecule has 1 aromatic carbocycles. The highest BCUT2D eigenvalue weighted by molar-refractivity contribution is 6.35. The van der Waals surface area contributed by atoms with E-state index >= 15 is 0 Å². The third kappa shape index (κ3) is 3.91. The van der Waals surface area contributed by atoms with Gasteiger partial charge in [0, 0.05) is 0 Å². The maximum Gasteiger partial charge on any atom is 0.411 e. The molecule has 0 spiro atoms. The molecule has 3 N–H and O–H groups in total. The van der Waals surface area contributed by atoms with Gasteiger partial charge in [0.05, 0.1) is 31.0 Å². The van der Waals surface area contributed by atoms with Gasteiger partial charge < -0.3 is 19.9 Å². The van der Waals surface area contributed by atoms with Gasteiger partial charge in [-0.3, -0.25) is 5.32 Å². The van der Waals surface area contributed by atoms with Crippen LogP contribution in [0.1, 0.15) is 24.2 Å². The number of hydrogen-bond acceptors (Lipinski definition) is 6. The number of hydrogen-bond donors (Lipinski definition) is 2. The molecular weight excluding hydrogens is 300 g/mol.